The van der Waals surface area contributed by atoms with E-state index in [9.17, 15) is 9.59 Å². The van der Waals surface area contributed by atoms with Crippen LogP contribution in [-0.2, 0) is 65.4 Å². The third-order valence-electron chi connectivity index (χ3n) is 13.5. The van der Waals surface area contributed by atoms with E-state index >= 15 is 0 Å². The van der Waals surface area contributed by atoms with Gasteiger partial charge in [0.15, 0.2) is 18.7 Å². The van der Waals surface area contributed by atoms with Gasteiger partial charge in [-0.25, -0.2) is 9.68 Å². The van der Waals surface area contributed by atoms with E-state index in [0.717, 1.165) is 27.1 Å². The number of aryl methyl sites for hydroxylation is 1. The predicted octanol–water partition coefficient (Wildman–Crippen LogP) is 11.2. The van der Waals surface area contributed by atoms with E-state index in [-0.39, 0.29) is 31.5 Å². The monoisotopic (exact) mass is 1120 g/mol. The molecule has 1 N–H and O–H groups in total. The first kappa shape index (κ1) is 57.1. The van der Waals surface area contributed by atoms with Crippen LogP contribution in [0.1, 0.15) is 59.7 Å². The smallest absolute Gasteiger partial charge is 0.338 e. The van der Waals surface area contributed by atoms with Gasteiger partial charge in [-0.2, -0.15) is 0 Å². The summed E-state index contributed by atoms with van der Waals surface area (Å²) in [6, 6.07) is 41.8. The number of amides is 1. The molecule has 402 valence electrons. The zero-order chi connectivity index (χ0) is 53.3. The molecule has 8 rings (SSSR count). The maximum absolute atomic E-state index is 14.4. The molecule has 0 aromatic heterocycles. The summed E-state index contributed by atoms with van der Waals surface area (Å²) in [5.74, 6) is -0.924. The fraction of sp³-hybridized carbons (Fsp3) is 0.429. The molecule has 0 aliphatic carbocycles. The molecule has 3 aliphatic rings. The number of carbonyl (C=O) groups is 2. The largest absolute Gasteiger partial charge is 0.497 e. The molecule has 1 unspecified atom stereocenters. The Morgan fingerprint density at radius 2 is 1.39 bits per heavy atom. The van der Waals surface area contributed by atoms with Crippen molar-refractivity contribution in [3.63, 3.8) is 0 Å². The average Bonchev–Trinajstić information content (AvgIpc) is 3.40. The van der Waals surface area contributed by atoms with E-state index < -0.39 is 90.8 Å². The highest BCUT2D eigenvalue weighted by molar-refractivity contribution is 7.99. The minimum Gasteiger partial charge on any atom is -0.497 e. The fourth-order valence-electron chi connectivity index (χ4n) is 8.31. The number of rotatable bonds is 19. The number of hydrogen-bond donors (Lipinski definition) is 1. The first-order chi connectivity index (χ1) is 35.9. The van der Waals surface area contributed by atoms with Gasteiger partial charge in [0, 0.05) is 10.5 Å². The fourth-order valence-corrected chi connectivity index (χ4v) is 10.2. The lowest BCUT2D eigenvalue weighted by Crippen LogP contribution is -2.70. The molecule has 75 heavy (non-hydrogen) atoms. The van der Waals surface area contributed by atoms with E-state index in [1.54, 1.807) is 31.4 Å². The maximum Gasteiger partial charge on any atom is 0.338 e. The third kappa shape index (κ3) is 14.9. The normalized spacial score (nSPS) is 26.2. The van der Waals surface area contributed by atoms with Crippen LogP contribution in [0.25, 0.3) is 0 Å². The highest BCUT2D eigenvalue weighted by atomic mass is 35.6. The van der Waals surface area contributed by atoms with E-state index in [4.69, 9.17) is 86.9 Å². The van der Waals surface area contributed by atoms with Crippen LogP contribution in [0.15, 0.2) is 144 Å². The summed E-state index contributed by atoms with van der Waals surface area (Å²) in [5, 5.41) is 2.56. The lowest BCUT2D eigenvalue weighted by Gasteiger charge is -2.52. The molecule has 0 saturated carbocycles. The molecule has 1 amide bonds. The molecule has 5 aromatic rings. The molecular formula is C56H64Cl3NO13SSi. The lowest BCUT2D eigenvalue weighted by molar-refractivity contribution is -0.397. The Hall–Kier alpha value is -4.08. The molecule has 11 atom stereocenters. The Kier molecular flexibility index (Phi) is 19.5. The Morgan fingerprint density at radius 1 is 0.747 bits per heavy atom. The lowest BCUT2D eigenvalue weighted by atomic mass is 9.94. The SMILES string of the molecule is COc1ccc(COC[C@H]2O[C@@H](Sc3ccc(C)cc3)[C@H](OC(=O)c3ccccc3)[C@@H](OCc3ccccc3)[C@@H]2O[C@@H]2O[C@@H]3COC(c4ccccc4)O[C@@H]3[C@H](OO[Si](C)(C)C(C)(C)C)[C@H]2NC(=O)C(Cl)(Cl)Cl)cc1. The highest BCUT2D eigenvalue weighted by Crippen LogP contribution is 2.43. The summed E-state index contributed by atoms with van der Waals surface area (Å²) in [6.45, 7) is 12.4. The number of esters is 1. The van der Waals surface area contributed by atoms with E-state index in [1.165, 1.54) is 11.8 Å². The Labute approximate surface area is 459 Å². The molecule has 3 heterocycles. The Bertz CT molecular complexity index is 2600. The van der Waals surface area contributed by atoms with Crippen molar-refractivity contribution in [2.75, 3.05) is 20.3 Å². The van der Waals surface area contributed by atoms with Gasteiger partial charge in [0.25, 0.3) is 9.70 Å². The van der Waals surface area contributed by atoms with Gasteiger partial charge in [0.1, 0.15) is 53.9 Å². The van der Waals surface area contributed by atoms with Gasteiger partial charge < -0.3 is 47.9 Å². The zero-order valence-electron chi connectivity index (χ0n) is 42.8. The number of thioether (sulfide) groups is 1. The number of halogens is 3. The van der Waals surface area contributed by atoms with Gasteiger partial charge in [-0.15, -0.1) is 0 Å². The number of methoxy groups -OCH3 is 1. The van der Waals surface area contributed by atoms with Crippen molar-refractivity contribution in [2.45, 2.75) is 135 Å². The van der Waals surface area contributed by atoms with Crippen LogP contribution < -0.4 is 10.1 Å². The topological polar surface area (TPSA) is 148 Å². The minimum absolute atomic E-state index is 0.00520. The van der Waals surface area contributed by atoms with Crippen LogP contribution in [0.4, 0.5) is 0 Å². The second kappa shape index (κ2) is 25.6. The van der Waals surface area contributed by atoms with Crippen molar-refractivity contribution in [1.82, 2.24) is 5.32 Å². The van der Waals surface area contributed by atoms with Crippen molar-refractivity contribution >= 4 is 66.8 Å². The molecule has 0 radical (unpaired) electrons. The molecular weight excluding hydrogens is 1060 g/mol. The predicted molar refractivity (Wildman–Crippen MR) is 288 cm³/mol. The third-order valence-corrected chi connectivity index (χ3v) is 19.3. The van der Waals surface area contributed by atoms with Gasteiger partial charge >= 0.3 is 5.97 Å². The highest BCUT2D eigenvalue weighted by Gasteiger charge is 2.58. The van der Waals surface area contributed by atoms with E-state index in [0.29, 0.717) is 11.3 Å². The molecule has 5 aromatic carbocycles. The van der Waals surface area contributed by atoms with Crippen LogP contribution in [0.5, 0.6) is 5.75 Å². The van der Waals surface area contributed by atoms with Gasteiger partial charge in [-0.1, -0.05) is 176 Å². The van der Waals surface area contributed by atoms with Crippen LogP contribution in [-0.4, -0.2) is 105 Å². The number of hydrogen-bond acceptors (Lipinski definition) is 14. The van der Waals surface area contributed by atoms with Gasteiger partial charge in [0.05, 0.1) is 39.1 Å². The molecule has 0 bridgehead atoms. The summed E-state index contributed by atoms with van der Waals surface area (Å²) in [4.78, 5) is 35.9. The number of ether oxygens (including phenoxy) is 9. The van der Waals surface area contributed by atoms with E-state index in [2.05, 4.69) is 26.1 Å². The van der Waals surface area contributed by atoms with Gasteiger partial charge in [-0.05, 0) is 72.6 Å². The average molecular weight is 1130 g/mol. The summed E-state index contributed by atoms with van der Waals surface area (Å²) in [5.41, 5.74) is 2.91. The molecule has 19 heteroatoms. The number of carbonyl (C=O) groups excluding carboxylic acids is 2. The summed E-state index contributed by atoms with van der Waals surface area (Å²) >= 11 is 20.3. The first-order valence-corrected chi connectivity index (χ1v) is 29.6. The maximum atomic E-state index is 14.4. The van der Waals surface area contributed by atoms with Crippen LogP contribution in [0.2, 0.25) is 18.1 Å². The van der Waals surface area contributed by atoms with Crippen LogP contribution in [0, 0.1) is 6.92 Å². The van der Waals surface area contributed by atoms with Gasteiger partial charge in [0.2, 0.25) is 8.32 Å². The second-order valence-electron chi connectivity index (χ2n) is 20.1. The number of fused-ring (bicyclic) bond motifs is 1. The summed E-state index contributed by atoms with van der Waals surface area (Å²) in [6.07, 6.45) is -9.72. The summed E-state index contributed by atoms with van der Waals surface area (Å²) < 4.78 is 63.9. The molecule has 3 aliphatic heterocycles. The summed E-state index contributed by atoms with van der Waals surface area (Å²) in [7, 11) is -1.10. The van der Waals surface area contributed by atoms with Crippen LogP contribution >= 0.6 is 46.6 Å². The van der Waals surface area contributed by atoms with Crippen molar-refractivity contribution in [3.05, 3.63) is 167 Å². The van der Waals surface area contributed by atoms with Crippen molar-refractivity contribution in [1.29, 1.82) is 0 Å². The minimum atomic E-state index is -2.70. The van der Waals surface area contributed by atoms with Gasteiger partial charge in [-0.3, -0.25) is 9.37 Å². The molecule has 3 saturated heterocycles. The van der Waals surface area contributed by atoms with E-state index in [1.807, 2.05) is 135 Å². The quantitative estimate of drug-likeness (QED) is 0.0275. The molecule has 0 spiro atoms. The number of benzene rings is 5. The van der Waals surface area contributed by atoms with Crippen LogP contribution in [0.3, 0.4) is 0 Å². The second-order valence-corrected chi connectivity index (χ2v) is 28.2. The number of alkyl halides is 3. The standard InChI is InChI=1S/C56H64Cl3NO13SSi/c1-35-23-29-41(30-24-35)74-53-49(69-50(61)38-19-13-9-14-20-38)48(65-32-36-17-11-8-12-18-36)46(42(68-53)33-64-31-37-25-27-40(63-5)28-26-37)71-52-44(60-54(62)56(57,58)59)47(72-73-75(6,7)55(2,3)4)45-43(67-52)34-66-51(70-45)39-21-15-10-16-22-39/h8-30,42-49,51-53H,31-34H2,1-7H3,(H,60,62)/t42-,43-,44-,45+,46-,47-,48+,49-,51?,52+,53+/m1/s1. The molecule has 3 fully saturated rings. The van der Waals surface area contributed by atoms with Crippen molar-refractivity contribution in [2.24, 2.45) is 0 Å². The number of nitrogens with one attached hydrogen (secondary N) is 1. The Balaban J connectivity index is 1.23. The zero-order valence-corrected chi connectivity index (χ0v) is 46.9. The first-order valence-electron chi connectivity index (χ1n) is 24.7. The molecule has 14 nitrogen and oxygen atoms in total. The van der Waals surface area contributed by atoms with Crippen molar-refractivity contribution in [3.8, 4) is 5.75 Å². The Morgan fingerprint density at radius 3 is 2.03 bits per heavy atom. The van der Waals surface area contributed by atoms with Crippen molar-refractivity contribution < 1.29 is 61.7 Å².